The third kappa shape index (κ3) is 3.74. The van der Waals surface area contributed by atoms with E-state index in [0.717, 1.165) is 7.05 Å². The van der Waals surface area contributed by atoms with Crippen LogP contribution in [0.15, 0.2) is 36.5 Å². The highest BCUT2D eigenvalue weighted by Gasteiger charge is 2.32. The Hall–Kier alpha value is -2.51. The zero-order chi connectivity index (χ0) is 15.6. The standard InChI is InChI=1S/C13H13F3N4O/c1-19(8-13(14,15)16)12(21)11-5-6-20(18-11)10-4-2-3-9(17)7-10/h2-7H,8,17H2,1H3. The van der Waals surface area contributed by atoms with Crippen LogP contribution in [0.3, 0.4) is 0 Å². The lowest BCUT2D eigenvalue weighted by Gasteiger charge is -2.17. The summed E-state index contributed by atoms with van der Waals surface area (Å²) in [5.74, 6) is -0.796. The first kappa shape index (κ1) is 14.9. The molecule has 0 unspecified atom stereocenters. The Labute approximate surface area is 118 Å². The molecule has 2 aromatic rings. The highest BCUT2D eigenvalue weighted by Crippen LogP contribution is 2.17. The van der Waals surface area contributed by atoms with Gasteiger partial charge in [0.2, 0.25) is 0 Å². The molecular formula is C13H13F3N4O. The largest absolute Gasteiger partial charge is 0.406 e. The number of hydrogen-bond acceptors (Lipinski definition) is 3. The lowest BCUT2D eigenvalue weighted by Crippen LogP contribution is -2.36. The molecule has 0 aliphatic carbocycles. The van der Waals surface area contributed by atoms with Gasteiger partial charge in [0, 0.05) is 18.9 Å². The highest BCUT2D eigenvalue weighted by atomic mass is 19.4. The SMILES string of the molecule is CN(CC(F)(F)F)C(=O)c1ccn(-c2cccc(N)c2)n1. The van der Waals surface area contributed by atoms with Crippen molar-refractivity contribution >= 4 is 11.6 Å². The van der Waals surface area contributed by atoms with Crippen LogP contribution in [-0.2, 0) is 0 Å². The van der Waals surface area contributed by atoms with Crippen molar-refractivity contribution in [3.8, 4) is 5.69 Å². The molecule has 2 rings (SSSR count). The summed E-state index contributed by atoms with van der Waals surface area (Å²) < 4.78 is 38.2. The second kappa shape index (κ2) is 5.47. The predicted octanol–water partition coefficient (Wildman–Crippen LogP) is 2.09. The van der Waals surface area contributed by atoms with Gasteiger partial charge in [-0.05, 0) is 24.3 Å². The first-order valence-electron chi connectivity index (χ1n) is 6.00. The fourth-order valence-electron chi connectivity index (χ4n) is 1.79. The maximum atomic E-state index is 12.3. The minimum atomic E-state index is -4.44. The summed E-state index contributed by atoms with van der Waals surface area (Å²) in [4.78, 5) is 12.4. The lowest BCUT2D eigenvalue weighted by molar-refractivity contribution is -0.138. The molecule has 0 aliphatic rings. The first-order chi connectivity index (χ1) is 9.76. The number of nitrogens with zero attached hydrogens (tertiary/aromatic N) is 3. The number of nitrogens with two attached hydrogens (primary N) is 1. The lowest BCUT2D eigenvalue weighted by atomic mass is 10.3. The van der Waals surface area contributed by atoms with Gasteiger partial charge in [-0.25, -0.2) is 4.68 Å². The van der Waals surface area contributed by atoms with E-state index in [4.69, 9.17) is 5.73 Å². The van der Waals surface area contributed by atoms with Crippen LogP contribution in [0.2, 0.25) is 0 Å². The molecule has 8 heteroatoms. The Kier molecular flexibility index (Phi) is 3.88. The van der Waals surface area contributed by atoms with Crippen molar-refractivity contribution in [1.29, 1.82) is 0 Å². The van der Waals surface area contributed by atoms with Crippen molar-refractivity contribution in [2.45, 2.75) is 6.18 Å². The molecule has 5 nitrogen and oxygen atoms in total. The molecule has 0 fully saturated rings. The van der Waals surface area contributed by atoms with Gasteiger partial charge >= 0.3 is 6.18 Å². The summed E-state index contributed by atoms with van der Waals surface area (Å²) in [5.41, 5.74) is 6.71. The molecule has 1 aromatic carbocycles. The number of anilines is 1. The molecule has 0 aliphatic heterocycles. The fraction of sp³-hybridized carbons (Fsp3) is 0.231. The Balaban J connectivity index is 2.18. The zero-order valence-corrected chi connectivity index (χ0v) is 11.1. The minimum Gasteiger partial charge on any atom is -0.399 e. The summed E-state index contributed by atoms with van der Waals surface area (Å²) in [7, 11) is 1.08. The van der Waals surface area contributed by atoms with Gasteiger partial charge in [-0.15, -0.1) is 0 Å². The minimum absolute atomic E-state index is 0.0656. The average molecular weight is 298 g/mol. The first-order valence-corrected chi connectivity index (χ1v) is 6.00. The number of benzene rings is 1. The maximum absolute atomic E-state index is 12.3. The number of nitrogen functional groups attached to an aromatic ring is 1. The monoisotopic (exact) mass is 298 g/mol. The molecule has 1 heterocycles. The van der Waals surface area contributed by atoms with Crippen molar-refractivity contribution in [3.63, 3.8) is 0 Å². The molecule has 2 N–H and O–H groups in total. The van der Waals surface area contributed by atoms with Crippen LogP contribution in [0.25, 0.3) is 5.69 Å². The van der Waals surface area contributed by atoms with Crippen molar-refractivity contribution in [3.05, 3.63) is 42.2 Å². The number of rotatable bonds is 3. The summed E-state index contributed by atoms with van der Waals surface area (Å²) in [5, 5.41) is 3.98. The molecule has 0 saturated carbocycles. The van der Waals surface area contributed by atoms with Crippen molar-refractivity contribution < 1.29 is 18.0 Å². The molecule has 21 heavy (non-hydrogen) atoms. The van der Waals surface area contributed by atoms with Gasteiger partial charge in [0.15, 0.2) is 5.69 Å². The van der Waals surface area contributed by atoms with E-state index in [9.17, 15) is 18.0 Å². The van der Waals surface area contributed by atoms with Crippen LogP contribution in [0, 0.1) is 0 Å². The number of halogens is 3. The maximum Gasteiger partial charge on any atom is 0.406 e. The van der Waals surface area contributed by atoms with E-state index in [1.807, 2.05) is 0 Å². The highest BCUT2D eigenvalue weighted by molar-refractivity contribution is 5.92. The quantitative estimate of drug-likeness (QED) is 0.882. The Morgan fingerprint density at radius 3 is 2.71 bits per heavy atom. The van der Waals surface area contributed by atoms with Crippen LogP contribution >= 0.6 is 0 Å². The van der Waals surface area contributed by atoms with Crippen molar-refractivity contribution in [2.24, 2.45) is 0 Å². The third-order valence-corrected chi connectivity index (χ3v) is 2.71. The second-order valence-corrected chi connectivity index (χ2v) is 4.52. The molecule has 1 aromatic heterocycles. The molecule has 112 valence electrons. The van der Waals surface area contributed by atoms with Crippen LogP contribution < -0.4 is 5.73 Å². The summed E-state index contributed by atoms with van der Waals surface area (Å²) in [6, 6.07) is 8.12. The van der Waals surface area contributed by atoms with E-state index in [2.05, 4.69) is 5.10 Å². The molecule has 0 atom stereocenters. The van der Waals surface area contributed by atoms with E-state index in [1.165, 1.54) is 16.9 Å². The predicted molar refractivity (Wildman–Crippen MR) is 71.0 cm³/mol. The van der Waals surface area contributed by atoms with Gasteiger partial charge in [-0.1, -0.05) is 6.07 Å². The van der Waals surface area contributed by atoms with E-state index < -0.39 is 18.6 Å². The Morgan fingerprint density at radius 1 is 1.38 bits per heavy atom. The molecule has 0 spiro atoms. The van der Waals surface area contributed by atoms with Gasteiger partial charge in [0.1, 0.15) is 6.54 Å². The van der Waals surface area contributed by atoms with Crippen LogP contribution in [0.5, 0.6) is 0 Å². The van der Waals surface area contributed by atoms with Gasteiger partial charge in [-0.3, -0.25) is 4.79 Å². The molecule has 0 saturated heterocycles. The topological polar surface area (TPSA) is 64.2 Å². The number of alkyl halides is 3. The van der Waals surface area contributed by atoms with Gasteiger partial charge in [0.05, 0.1) is 5.69 Å². The number of carbonyl (C=O) groups excluding carboxylic acids is 1. The molecule has 1 amide bonds. The van der Waals surface area contributed by atoms with Gasteiger partial charge in [-0.2, -0.15) is 18.3 Å². The molecule has 0 radical (unpaired) electrons. The number of hydrogen-bond donors (Lipinski definition) is 1. The number of aromatic nitrogens is 2. The average Bonchev–Trinajstić information content (AvgIpc) is 2.85. The number of carbonyl (C=O) groups is 1. The van der Waals surface area contributed by atoms with Crippen LogP contribution in [0.1, 0.15) is 10.5 Å². The summed E-state index contributed by atoms with van der Waals surface area (Å²) >= 11 is 0. The van der Waals surface area contributed by atoms with Crippen molar-refractivity contribution in [1.82, 2.24) is 14.7 Å². The fourth-order valence-corrected chi connectivity index (χ4v) is 1.79. The molecule has 0 bridgehead atoms. The zero-order valence-electron chi connectivity index (χ0n) is 11.1. The molecular weight excluding hydrogens is 285 g/mol. The summed E-state index contributed by atoms with van der Waals surface area (Å²) in [6.45, 7) is -1.32. The van der Waals surface area contributed by atoms with E-state index in [-0.39, 0.29) is 5.69 Å². The van der Waals surface area contributed by atoms with E-state index in [1.54, 1.807) is 24.3 Å². The third-order valence-electron chi connectivity index (χ3n) is 2.71. The summed E-state index contributed by atoms with van der Waals surface area (Å²) in [6.07, 6.45) is -2.95. The van der Waals surface area contributed by atoms with E-state index in [0.29, 0.717) is 16.3 Å². The Bertz CT molecular complexity index is 651. The smallest absolute Gasteiger partial charge is 0.399 e. The number of amides is 1. The Morgan fingerprint density at radius 2 is 2.10 bits per heavy atom. The van der Waals surface area contributed by atoms with Gasteiger partial charge < -0.3 is 10.6 Å². The van der Waals surface area contributed by atoms with Crippen LogP contribution in [0.4, 0.5) is 18.9 Å². The normalized spacial score (nSPS) is 11.4. The second-order valence-electron chi connectivity index (χ2n) is 4.52. The van der Waals surface area contributed by atoms with Gasteiger partial charge in [0.25, 0.3) is 5.91 Å². The van der Waals surface area contributed by atoms with Crippen molar-refractivity contribution in [2.75, 3.05) is 19.3 Å². The van der Waals surface area contributed by atoms with Crippen LogP contribution in [-0.4, -0.2) is 40.4 Å². The van der Waals surface area contributed by atoms with E-state index >= 15 is 0 Å².